The molecule has 6 heteroatoms. The van der Waals surface area contributed by atoms with E-state index >= 15 is 0 Å². The molecule has 0 bridgehead atoms. The van der Waals surface area contributed by atoms with Crippen LogP contribution < -0.4 is 11.3 Å². The molecule has 0 saturated carbocycles. The fourth-order valence-electron chi connectivity index (χ4n) is 3.68. The van der Waals surface area contributed by atoms with Crippen molar-refractivity contribution in [2.24, 2.45) is 5.73 Å². The lowest BCUT2D eigenvalue weighted by atomic mass is 10.0. The first kappa shape index (κ1) is 18.6. The van der Waals surface area contributed by atoms with E-state index in [1.807, 2.05) is 30.3 Å². The van der Waals surface area contributed by atoms with E-state index in [4.69, 9.17) is 21.8 Å². The lowest BCUT2D eigenvalue weighted by Crippen LogP contribution is -2.09. The molecule has 0 amide bonds. The Morgan fingerprint density at radius 1 is 1.00 bits per heavy atom. The van der Waals surface area contributed by atoms with Gasteiger partial charge in [-0.1, -0.05) is 48.0 Å². The summed E-state index contributed by atoms with van der Waals surface area (Å²) in [7, 11) is 0. The monoisotopic (exact) mass is 415 g/mol. The van der Waals surface area contributed by atoms with Crippen molar-refractivity contribution in [2.45, 2.75) is 13.0 Å². The van der Waals surface area contributed by atoms with Gasteiger partial charge < -0.3 is 15.1 Å². The zero-order chi connectivity index (χ0) is 20.7. The molecule has 148 valence electrons. The summed E-state index contributed by atoms with van der Waals surface area (Å²) in [4.78, 5) is 20.0. The van der Waals surface area contributed by atoms with Gasteiger partial charge >= 0.3 is 0 Å². The molecule has 3 N–H and O–H groups in total. The van der Waals surface area contributed by atoms with Crippen LogP contribution in [0.1, 0.15) is 16.9 Å². The highest BCUT2D eigenvalue weighted by Crippen LogP contribution is 2.28. The summed E-state index contributed by atoms with van der Waals surface area (Å²) in [5, 5.41) is 2.96. The van der Waals surface area contributed by atoms with E-state index in [1.54, 1.807) is 24.5 Å². The number of aromatic nitrogens is 2. The van der Waals surface area contributed by atoms with Crippen LogP contribution in [0.4, 0.5) is 0 Å². The third-order valence-corrected chi connectivity index (χ3v) is 5.45. The van der Waals surface area contributed by atoms with Crippen molar-refractivity contribution in [2.75, 3.05) is 0 Å². The van der Waals surface area contributed by atoms with Gasteiger partial charge in [0, 0.05) is 34.3 Å². The summed E-state index contributed by atoms with van der Waals surface area (Å²) in [6.45, 7) is 0.503. The maximum Gasteiger partial charge on any atom is 0.259 e. The number of furan rings is 1. The number of rotatable bonds is 4. The molecule has 2 heterocycles. The molecular weight excluding hydrogens is 398 g/mol. The number of nitrogens with two attached hydrogens (primary N) is 1. The first-order valence-electron chi connectivity index (χ1n) is 9.59. The Labute approximate surface area is 177 Å². The van der Waals surface area contributed by atoms with Gasteiger partial charge in [-0.05, 0) is 35.4 Å². The second kappa shape index (κ2) is 7.44. The molecule has 5 nitrogen and oxygen atoms in total. The minimum absolute atomic E-state index is 0.219. The summed E-state index contributed by atoms with van der Waals surface area (Å²) in [6.07, 6.45) is 2.40. The third-order valence-electron chi connectivity index (χ3n) is 5.21. The summed E-state index contributed by atoms with van der Waals surface area (Å²) >= 11 is 6.01. The second-order valence-electron chi connectivity index (χ2n) is 7.24. The molecule has 5 aromatic rings. The molecule has 0 spiro atoms. The van der Waals surface area contributed by atoms with Gasteiger partial charge in [-0.2, -0.15) is 0 Å². The molecule has 30 heavy (non-hydrogen) atoms. The van der Waals surface area contributed by atoms with Crippen LogP contribution in [0, 0.1) is 0 Å². The number of hydrogen-bond donors (Lipinski definition) is 2. The molecule has 0 fully saturated rings. The van der Waals surface area contributed by atoms with Gasteiger partial charge in [0.05, 0.1) is 17.2 Å². The van der Waals surface area contributed by atoms with Crippen molar-refractivity contribution in [3.8, 4) is 11.4 Å². The van der Waals surface area contributed by atoms with E-state index in [-0.39, 0.29) is 5.56 Å². The van der Waals surface area contributed by atoms with Gasteiger partial charge in [0.1, 0.15) is 11.6 Å². The molecule has 3 aromatic carbocycles. The maximum absolute atomic E-state index is 12.5. The maximum atomic E-state index is 12.5. The molecule has 2 aromatic heterocycles. The van der Waals surface area contributed by atoms with Crippen LogP contribution in [0.15, 0.2) is 76.1 Å². The summed E-state index contributed by atoms with van der Waals surface area (Å²) in [5.41, 5.74) is 9.18. The van der Waals surface area contributed by atoms with Crippen molar-refractivity contribution in [1.29, 1.82) is 0 Å². The number of fused-ring (bicyclic) bond motifs is 2. The molecule has 0 radical (unpaired) electrons. The Bertz CT molecular complexity index is 1450. The fourth-order valence-corrected chi connectivity index (χ4v) is 3.85. The number of halogens is 1. The molecule has 0 unspecified atom stereocenters. The minimum Gasteiger partial charge on any atom is -0.468 e. The summed E-state index contributed by atoms with van der Waals surface area (Å²) in [6, 6.07) is 19.2. The highest BCUT2D eigenvalue weighted by molar-refractivity contribution is 6.31. The molecule has 0 aliphatic rings. The lowest BCUT2D eigenvalue weighted by molar-refractivity contribution is 0.526. The number of aromatic amines is 1. The van der Waals surface area contributed by atoms with E-state index in [0.717, 1.165) is 33.2 Å². The van der Waals surface area contributed by atoms with Gasteiger partial charge in [0.15, 0.2) is 0 Å². The highest BCUT2D eigenvalue weighted by atomic mass is 35.5. The van der Waals surface area contributed by atoms with Gasteiger partial charge in [-0.3, -0.25) is 4.79 Å². The van der Waals surface area contributed by atoms with E-state index in [1.165, 1.54) is 0 Å². The molecule has 0 atom stereocenters. The average Bonchev–Trinajstić information content (AvgIpc) is 3.16. The van der Waals surface area contributed by atoms with Crippen LogP contribution in [0.2, 0.25) is 5.02 Å². The highest BCUT2D eigenvalue weighted by Gasteiger charge is 2.12. The Morgan fingerprint density at radius 2 is 1.87 bits per heavy atom. The van der Waals surface area contributed by atoms with Gasteiger partial charge in [0.2, 0.25) is 0 Å². The summed E-state index contributed by atoms with van der Waals surface area (Å²) < 4.78 is 5.85. The predicted octanol–water partition coefficient (Wildman–Crippen LogP) is 5.04. The molecular formula is C24H18ClN3O2. The second-order valence-corrected chi connectivity index (χ2v) is 7.67. The molecule has 0 saturated heterocycles. The zero-order valence-electron chi connectivity index (χ0n) is 16.0. The number of nitrogens with zero attached hydrogens (tertiary/aromatic N) is 1. The average molecular weight is 416 g/mol. The van der Waals surface area contributed by atoms with Gasteiger partial charge in [0.25, 0.3) is 5.56 Å². The predicted molar refractivity (Wildman–Crippen MR) is 120 cm³/mol. The number of H-pyrrole nitrogens is 1. The van der Waals surface area contributed by atoms with E-state index in [2.05, 4.69) is 22.1 Å². The number of hydrogen-bond acceptors (Lipinski definition) is 4. The molecule has 5 rings (SSSR count). The van der Waals surface area contributed by atoms with Crippen LogP contribution in [-0.2, 0) is 13.0 Å². The van der Waals surface area contributed by atoms with Crippen LogP contribution in [0.25, 0.3) is 33.1 Å². The van der Waals surface area contributed by atoms with E-state index < -0.39 is 0 Å². The van der Waals surface area contributed by atoms with Gasteiger partial charge in [-0.25, -0.2) is 4.98 Å². The van der Waals surface area contributed by atoms with Crippen LogP contribution in [-0.4, -0.2) is 9.97 Å². The Hall–Kier alpha value is -3.41. The van der Waals surface area contributed by atoms with Gasteiger partial charge in [-0.15, -0.1) is 0 Å². The molecule has 0 aliphatic heterocycles. The first-order valence-corrected chi connectivity index (χ1v) is 9.96. The number of nitrogens with one attached hydrogen (secondary N) is 1. The zero-order valence-corrected chi connectivity index (χ0v) is 16.7. The minimum atomic E-state index is -0.219. The Morgan fingerprint density at radius 3 is 2.73 bits per heavy atom. The lowest BCUT2D eigenvalue weighted by Gasteiger charge is -2.05. The standard InChI is InChI=1S/C24H18ClN3O2/c25-18-6-7-21-20(11-18)24(29)28-23(27-21)16-4-5-17-13-30-22(19(17)10-16)9-14-2-1-3-15(8-14)12-26/h1-8,10-11,13H,9,12,26H2,(H,27,28,29). The van der Waals surface area contributed by atoms with Crippen molar-refractivity contribution >= 4 is 33.3 Å². The topological polar surface area (TPSA) is 84.9 Å². The van der Waals surface area contributed by atoms with Crippen molar-refractivity contribution in [1.82, 2.24) is 9.97 Å². The quantitative estimate of drug-likeness (QED) is 0.430. The van der Waals surface area contributed by atoms with Crippen molar-refractivity contribution < 1.29 is 4.42 Å². The SMILES string of the molecule is NCc1cccc(Cc2occ3ccc(-c4nc5ccc(Cl)cc5c(=O)[nH]4)cc23)c1. The fraction of sp³-hybridized carbons (Fsp3) is 0.0833. The van der Waals surface area contributed by atoms with E-state index in [9.17, 15) is 4.79 Å². The third kappa shape index (κ3) is 3.38. The Balaban J connectivity index is 1.58. The smallest absolute Gasteiger partial charge is 0.259 e. The van der Waals surface area contributed by atoms with Crippen LogP contribution >= 0.6 is 11.6 Å². The molecule has 0 aliphatic carbocycles. The van der Waals surface area contributed by atoms with Crippen LogP contribution in [0.3, 0.4) is 0 Å². The number of benzene rings is 3. The first-order chi connectivity index (χ1) is 14.6. The normalized spacial score (nSPS) is 11.4. The van der Waals surface area contributed by atoms with Crippen LogP contribution in [0.5, 0.6) is 0 Å². The summed E-state index contributed by atoms with van der Waals surface area (Å²) in [5.74, 6) is 1.37. The van der Waals surface area contributed by atoms with Crippen molar-refractivity contribution in [3.05, 3.63) is 99.2 Å². The largest absolute Gasteiger partial charge is 0.468 e. The van der Waals surface area contributed by atoms with E-state index in [0.29, 0.717) is 34.7 Å². The Kier molecular flexibility index (Phi) is 4.62. The van der Waals surface area contributed by atoms with Crippen molar-refractivity contribution in [3.63, 3.8) is 0 Å².